The molecule has 0 aromatic carbocycles. The van der Waals surface area contributed by atoms with E-state index in [0.717, 1.165) is 5.57 Å². The number of hydrogen-bond donors (Lipinski definition) is 2. The SMILES string of the molecule is C/C(=C1\C(=O)N2C(C(=O)O)=CS[C@H]12)c1c[nH]nn1.O. The van der Waals surface area contributed by atoms with E-state index in [0.29, 0.717) is 11.3 Å². The zero-order valence-electron chi connectivity index (χ0n) is 9.75. The zero-order valence-corrected chi connectivity index (χ0v) is 10.6. The molecule has 1 fully saturated rings. The predicted molar refractivity (Wildman–Crippen MR) is 66.5 cm³/mol. The highest BCUT2D eigenvalue weighted by atomic mass is 32.2. The van der Waals surface area contributed by atoms with E-state index < -0.39 is 5.97 Å². The topological polar surface area (TPSA) is 131 Å². The van der Waals surface area contributed by atoms with E-state index in [1.807, 2.05) is 0 Å². The highest BCUT2D eigenvalue weighted by Crippen LogP contribution is 2.46. The van der Waals surface area contributed by atoms with Crippen molar-refractivity contribution in [2.45, 2.75) is 12.3 Å². The predicted octanol–water partition coefficient (Wildman–Crippen LogP) is -0.405. The summed E-state index contributed by atoms with van der Waals surface area (Å²) in [5.74, 6) is -1.37. The quantitative estimate of drug-likeness (QED) is 0.560. The van der Waals surface area contributed by atoms with Crippen LogP contribution in [0.15, 0.2) is 22.9 Å². The fourth-order valence-corrected chi connectivity index (χ4v) is 3.19. The Morgan fingerprint density at radius 2 is 2.32 bits per heavy atom. The molecule has 1 aromatic rings. The van der Waals surface area contributed by atoms with Crippen LogP contribution >= 0.6 is 11.8 Å². The molecule has 100 valence electrons. The Balaban J connectivity index is 0.00000133. The van der Waals surface area contributed by atoms with Gasteiger partial charge in [0.25, 0.3) is 5.91 Å². The van der Waals surface area contributed by atoms with Crippen LogP contribution in [0.4, 0.5) is 0 Å². The highest BCUT2D eigenvalue weighted by molar-refractivity contribution is 8.03. The van der Waals surface area contributed by atoms with Crippen molar-refractivity contribution in [2.75, 3.05) is 0 Å². The molecule has 1 saturated heterocycles. The fourth-order valence-electron chi connectivity index (χ4n) is 1.98. The summed E-state index contributed by atoms with van der Waals surface area (Å²) in [6.07, 6.45) is 1.60. The van der Waals surface area contributed by atoms with Gasteiger partial charge in [-0.1, -0.05) is 5.21 Å². The van der Waals surface area contributed by atoms with Crippen LogP contribution in [0.5, 0.6) is 0 Å². The van der Waals surface area contributed by atoms with E-state index in [9.17, 15) is 9.59 Å². The van der Waals surface area contributed by atoms with Crippen molar-refractivity contribution < 1.29 is 20.2 Å². The number of allylic oxidation sites excluding steroid dienone is 1. The number of nitrogens with zero attached hydrogens (tertiary/aromatic N) is 3. The van der Waals surface area contributed by atoms with Crippen LogP contribution in [0.2, 0.25) is 0 Å². The second-order valence-corrected chi connectivity index (χ2v) is 4.82. The molecule has 3 rings (SSSR count). The molecular weight excluding hydrogens is 272 g/mol. The summed E-state index contributed by atoms with van der Waals surface area (Å²) in [6.45, 7) is 1.78. The monoisotopic (exact) mass is 282 g/mol. The summed E-state index contributed by atoms with van der Waals surface area (Å²) in [7, 11) is 0. The van der Waals surface area contributed by atoms with Gasteiger partial charge in [-0.3, -0.25) is 14.8 Å². The standard InChI is InChI=1S/C10H8N4O3S.H2O/c1-4(5-2-11-13-12-5)7-8(15)14-6(10(16)17)3-18-9(7)14;/h2-3,9H,1H3,(H,16,17)(H,11,12,13);1H2/b7-4-;/t9-;/m1./s1. The Bertz CT molecular complexity index is 607. The molecule has 19 heavy (non-hydrogen) atoms. The first-order valence-corrected chi connectivity index (χ1v) is 6.05. The zero-order chi connectivity index (χ0) is 12.9. The van der Waals surface area contributed by atoms with Gasteiger partial charge in [-0.25, -0.2) is 4.79 Å². The van der Waals surface area contributed by atoms with Crippen molar-refractivity contribution in [3.8, 4) is 0 Å². The third-order valence-electron chi connectivity index (χ3n) is 2.92. The molecule has 0 saturated carbocycles. The third kappa shape index (κ3) is 1.74. The first kappa shape index (κ1) is 13.3. The van der Waals surface area contributed by atoms with E-state index in [2.05, 4.69) is 15.4 Å². The van der Waals surface area contributed by atoms with Gasteiger partial charge in [0.15, 0.2) is 0 Å². The summed E-state index contributed by atoms with van der Waals surface area (Å²) in [5, 5.41) is 20.2. The van der Waals surface area contributed by atoms with Crippen molar-refractivity contribution in [1.29, 1.82) is 0 Å². The van der Waals surface area contributed by atoms with E-state index in [-0.39, 0.29) is 22.5 Å². The number of carboxylic acids is 1. The number of H-pyrrole nitrogens is 1. The molecule has 0 bridgehead atoms. The van der Waals surface area contributed by atoms with Crippen molar-refractivity contribution in [3.05, 3.63) is 28.6 Å². The Kier molecular flexibility index (Phi) is 3.16. The smallest absolute Gasteiger partial charge is 0.353 e. The van der Waals surface area contributed by atoms with Gasteiger partial charge < -0.3 is 10.6 Å². The molecule has 0 spiro atoms. The van der Waals surface area contributed by atoms with Gasteiger partial charge in [0.2, 0.25) is 0 Å². The number of aliphatic carboxylic acids is 1. The summed E-state index contributed by atoms with van der Waals surface area (Å²) in [4.78, 5) is 24.2. The fraction of sp³-hybridized carbons (Fsp3) is 0.200. The minimum Gasteiger partial charge on any atom is -0.477 e. The largest absolute Gasteiger partial charge is 0.477 e. The minimum atomic E-state index is -1.09. The van der Waals surface area contributed by atoms with Gasteiger partial charge in [-0.2, -0.15) is 0 Å². The summed E-state index contributed by atoms with van der Waals surface area (Å²) in [5.41, 5.74) is 1.94. The number of aromatic amines is 1. The van der Waals surface area contributed by atoms with Crippen molar-refractivity contribution >= 4 is 29.2 Å². The van der Waals surface area contributed by atoms with Gasteiger partial charge in [0.1, 0.15) is 16.8 Å². The number of rotatable bonds is 2. The maximum absolute atomic E-state index is 12.0. The Labute approximate surface area is 111 Å². The molecule has 8 nitrogen and oxygen atoms in total. The van der Waals surface area contributed by atoms with Gasteiger partial charge in [0, 0.05) is 11.6 Å². The van der Waals surface area contributed by atoms with Crippen LogP contribution in [-0.4, -0.2) is 48.1 Å². The lowest BCUT2D eigenvalue weighted by Gasteiger charge is -2.38. The number of fused-ring (bicyclic) bond motifs is 1. The molecule has 9 heteroatoms. The van der Waals surface area contributed by atoms with Crippen LogP contribution in [0, 0.1) is 0 Å². The number of thioether (sulfide) groups is 1. The maximum atomic E-state index is 12.0. The Hall–Kier alpha value is -2.13. The van der Waals surface area contributed by atoms with E-state index >= 15 is 0 Å². The summed E-state index contributed by atoms with van der Waals surface area (Å²) in [6, 6.07) is 0. The number of amides is 1. The second kappa shape index (κ2) is 4.52. The third-order valence-corrected chi connectivity index (χ3v) is 3.99. The highest BCUT2D eigenvalue weighted by Gasteiger charge is 2.50. The average molecular weight is 282 g/mol. The Morgan fingerprint density at radius 3 is 2.89 bits per heavy atom. The number of carbonyl (C=O) groups excluding carboxylic acids is 1. The molecule has 0 radical (unpaired) electrons. The first-order chi connectivity index (χ1) is 8.61. The molecule has 2 aliphatic rings. The molecular formula is C10H10N4O4S. The Morgan fingerprint density at radius 1 is 1.58 bits per heavy atom. The van der Waals surface area contributed by atoms with Gasteiger partial charge >= 0.3 is 5.97 Å². The lowest BCUT2D eigenvalue weighted by Crippen LogP contribution is -2.51. The van der Waals surface area contributed by atoms with Gasteiger partial charge in [0.05, 0.1) is 5.57 Å². The molecule has 4 N–H and O–H groups in total. The molecule has 0 unspecified atom stereocenters. The molecule has 2 aliphatic heterocycles. The van der Waals surface area contributed by atoms with Crippen LogP contribution < -0.4 is 0 Å². The lowest BCUT2D eigenvalue weighted by atomic mass is 9.98. The second-order valence-electron chi connectivity index (χ2n) is 3.87. The van der Waals surface area contributed by atoms with Crippen molar-refractivity contribution in [3.63, 3.8) is 0 Å². The number of aromatic nitrogens is 3. The average Bonchev–Trinajstić information content (AvgIpc) is 2.95. The summed E-state index contributed by atoms with van der Waals surface area (Å²) >= 11 is 1.31. The van der Waals surface area contributed by atoms with Crippen LogP contribution in [0.3, 0.4) is 0 Å². The summed E-state index contributed by atoms with van der Waals surface area (Å²) < 4.78 is 0. The number of hydrogen-bond acceptors (Lipinski definition) is 5. The van der Waals surface area contributed by atoms with Crippen molar-refractivity contribution in [2.24, 2.45) is 0 Å². The normalized spacial score (nSPS) is 23.2. The molecule has 1 amide bonds. The molecule has 1 atom stereocenters. The molecule has 0 aliphatic carbocycles. The molecule has 3 heterocycles. The van der Waals surface area contributed by atoms with Gasteiger partial charge in [-0.05, 0) is 12.5 Å². The maximum Gasteiger partial charge on any atom is 0.353 e. The molecule has 1 aromatic heterocycles. The van der Waals surface area contributed by atoms with Crippen LogP contribution in [0.1, 0.15) is 12.6 Å². The van der Waals surface area contributed by atoms with E-state index in [4.69, 9.17) is 5.11 Å². The minimum absolute atomic E-state index is 0. The number of nitrogens with one attached hydrogen (secondary N) is 1. The van der Waals surface area contributed by atoms with E-state index in [1.54, 1.807) is 13.1 Å². The number of carbonyl (C=O) groups is 2. The van der Waals surface area contributed by atoms with E-state index in [1.165, 1.54) is 22.1 Å². The van der Waals surface area contributed by atoms with Crippen LogP contribution in [-0.2, 0) is 9.59 Å². The lowest BCUT2D eigenvalue weighted by molar-refractivity contribution is -0.141. The van der Waals surface area contributed by atoms with Crippen LogP contribution in [0.25, 0.3) is 5.57 Å². The van der Waals surface area contributed by atoms with Gasteiger partial charge in [-0.15, -0.1) is 16.9 Å². The van der Waals surface area contributed by atoms with Crippen molar-refractivity contribution in [1.82, 2.24) is 20.3 Å². The number of carboxylic acid groups (broad SMARTS) is 1. The first-order valence-electron chi connectivity index (χ1n) is 5.11. The number of β-lactam (4-membered cyclic amide) rings is 1.